The van der Waals surface area contributed by atoms with Gasteiger partial charge in [0, 0.05) is 16.6 Å². The molecule has 3 aromatic rings. The Hall–Kier alpha value is -2.25. The third-order valence-electron chi connectivity index (χ3n) is 3.25. The van der Waals surface area contributed by atoms with E-state index in [-0.39, 0.29) is 11.2 Å². The molecule has 1 aromatic carbocycles. The van der Waals surface area contributed by atoms with Gasteiger partial charge in [0.1, 0.15) is 11.4 Å². The number of rotatable bonds is 5. The summed E-state index contributed by atoms with van der Waals surface area (Å²) in [5, 5.41) is 5.93. The molecule has 0 spiro atoms. The Kier molecular flexibility index (Phi) is 5.22. The van der Waals surface area contributed by atoms with Crippen LogP contribution in [0, 0.1) is 6.92 Å². The Morgan fingerprint density at radius 2 is 2.04 bits per heavy atom. The van der Waals surface area contributed by atoms with Crippen LogP contribution in [0.15, 0.2) is 53.1 Å². The maximum absolute atomic E-state index is 12.3. The summed E-state index contributed by atoms with van der Waals surface area (Å²) in [5.74, 6) is -0.0924. The monoisotopic (exact) mass is 356 g/mol. The molecule has 0 aliphatic heterocycles. The quantitative estimate of drug-likeness (QED) is 0.552. The van der Waals surface area contributed by atoms with Crippen molar-refractivity contribution in [3.63, 3.8) is 0 Å². The van der Waals surface area contributed by atoms with Gasteiger partial charge in [-0.05, 0) is 19.9 Å². The Balaban J connectivity index is 1.63. The van der Waals surface area contributed by atoms with E-state index in [0.717, 1.165) is 22.0 Å². The van der Waals surface area contributed by atoms with Gasteiger partial charge in [0.25, 0.3) is 0 Å². The SMILES string of the molecule is Cc1cc(SC(C)C(=O)Nc2nc(-c3ccccc3)cs2)ncn1. The molecule has 1 amide bonds. The van der Waals surface area contributed by atoms with Gasteiger partial charge in [0.15, 0.2) is 5.13 Å². The molecule has 0 aliphatic carbocycles. The number of aryl methyl sites for hydroxylation is 1. The fraction of sp³-hybridized carbons (Fsp3) is 0.176. The lowest BCUT2D eigenvalue weighted by molar-refractivity contribution is -0.115. The summed E-state index contributed by atoms with van der Waals surface area (Å²) in [7, 11) is 0. The Labute approximate surface area is 148 Å². The fourth-order valence-electron chi connectivity index (χ4n) is 2.01. The molecule has 2 aromatic heterocycles. The molecule has 1 atom stereocenters. The first kappa shape index (κ1) is 16.6. The molecule has 0 saturated carbocycles. The Bertz CT molecular complexity index is 835. The first-order chi connectivity index (χ1) is 11.6. The van der Waals surface area contributed by atoms with Crippen LogP contribution in [0.4, 0.5) is 5.13 Å². The highest BCUT2D eigenvalue weighted by Crippen LogP contribution is 2.26. The maximum Gasteiger partial charge on any atom is 0.239 e. The molecular formula is C17H16N4OS2. The molecule has 122 valence electrons. The number of thiazole rings is 1. The molecule has 5 nitrogen and oxygen atoms in total. The van der Waals surface area contributed by atoms with E-state index in [1.54, 1.807) is 0 Å². The zero-order valence-corrected chi connectivity index (χ0v) is 14.9. The number of hydrogen-bond donors (Lipinski definition) is 1. The molecule has 0 radical (unpaired) electrons. The summed E-state index contributed by atoms with van der Waals surface area (Å²) >= 11 is 2.82. The van der Waals surface area contributed by atoms with Gasteiger partial charge in [-0.15, -0.1) is 11.3 Å². The van der Waals surface area contributed by atoms with E-state index < -0.39 is 0 Å². The lowest BCUT2D eigenvalue weighted by atomic mass is 10.2. The van der Waals surface area contributed by atoms with E-state index in [1.165, 1.54) is 29.4 Å². The van der Waals surface area contributed by atoms with Gasteiger partial charge in [-0.25, -0.2) is 15.0 Å². The van der Waals surface area contributed by atoms with Gasteiger partial charge < -0.3 is 5.32 Å². The van der Waals surface area contributed by atoms with Crippen LogP contribution in [-0.4, -0.2) is 26.1 Å². The summed E-state index contributed by atoms with van der Waals surface area (Å²) < 4.78 is 0. The number of carbonyl (C=O) groups is 1. The number of hydrogen-bond acceptors (Lipinski definition) is 6. The van der Waals surface area contributed by atoms with E-state index in [4.69, 9.17) is 0 Å². The smallest absolute Gasteiger partial charge is 0.239 e. The number of thioether (sulfide) groups is 1. The van der Waals surface area contributed by atoms with E-state index >= 15 is 0 Å². The predicted molar refractivity (Wildman–Crippen MR) is 98.3 cm³/mol. The van der Waals surface area contributed by atoms with Crippen molar-refractivity contribution in [2.75, 3.05) is 5.32 Å². The molecular weight excluding hydrogens is 340 g/mol. The average molecular weight is 356 g/mol. The second-order valence-electron chi connectivity index (χ2n) is 5.15. The zero-order valence-electron chi connectivity index (χ0n) is 13.3. The molecule has 3 rings (SSSR count). The molecule has 7 heteroatoms. The number of anilines is 1. The van der Waals surface area contributed by atoms with Gasteiger partial charge >= 0.3 is 0 Å². The molecule has 0 bridgehead atoms. The van der Waals surface area contributed by atoms with Crippen LogP contribution < -0.4 is 5.32 Å². The predicted octanol–water partition coefficient (Wildman–Crippen LogP) is 4.03. The molecule has 1 N–H and O–H groups in total. The van der Waals surface area contributed by atoms with E-state index in [2.05, 4.69) is 20.3 Å². The second kappa shape index (κ2) is 7.55. The van der Waals surface area contributed by atoms with Crippen molar-refractivity contribution in [2.45, 2.75) is 24.1 Å². The highest BCUT2D eigenvalue weighted by molar-refractivity contribution is 8.00. The standard InChI is InChI=1S/C17H16N4OS2/c1-11-8-15(19-10-18-11)24-12(2)16(22)21-17-20-14(9-23-17)13-6-4-3-5-7-13/h3-10,12H,1-2H3,(H,20,21,22). The largest absolute Gasteiger partial charge is 0.301 e. The van der Waals surface area contributed by atoms with Crippen molar-refractivity contribution in [1.29, 1.82) is 0 Å². The summed E-state index contributed by atoms with van der Waals surface area (Å²) in [5.41, 5.74) is 2.78. The maximum atomic E-state index is 12.3. The topological polar surface area (TPSA) is 67.8 Å². The van der Waals surface area contributed by atoms with Crippen LogP contribution in [-0.2, 0) is 4.79 Å². The highest BCUT2D eigenvalue weighted by Gasteiger charge is 2.17. The molecule has 24 heavy (non-hydrogen) atoms. The minimum absolute atomic E-state index is 0.0924. The lowest BCUT2D eigenvalue weighted by Crippen LogP contribution is -2.22. The minimum Gasteiger partial charge on any atom is -0.301 e. The van der Waals surface area contributed by atoms with Gasteiger partial charge in [-0.2, -0.15) is 0 Å². The van der Waals surface area contributed by atoms with E-state index in [9.17, 15) is 4.79 Å². The second-order valence-corrected chi connectivity index (χ2v) is 7.37. The normalized spacial score (nSPS) is 11.9. The molecule has 0 fully saturated rings. The summed E-state index contributed by atoms with van der Waals surface area (Å²) in [4.78, 5) is 25.0. The van der Waals surface area contributed by atoms with Gasteiger partial charge in [-0.3, -0.25) is 4.79 Å². The number of amides is 1. The van der Waals surface area contributed by atoms with Crippen LogP contribution in [0.1, 0.15) is 12.6 Å². The Morgan fingerprint density at radius 3 is 2.79 bits per heavy atom. The van der Waals surface area contributed by atoms with Gasteiger partial charge in [-0.1, -0.05) is 42.1 Å². The molecule has 1 unspecified atom stereocenters. The number of benzene rings is 1. The Morgan fingerprint density at radius 1 is 1.25 bits per heavy atom. The first-order valence-electron chi connectivity index (χ1n) is 7.39. The van der Waals surface area contributed by atoms with Crippen molar-refractivity contribution >= 4 is 34.1 Å². The summed E-state index contributed by atoms with van der Waals surface area (Å²) in [6, 6.07) is 11.8. The zero-order chi connectivity index (χ0) is 16.9. The van der Waals surface area contributed by atoms with Crippen LogP contribution in [0.5, 0.6) is 0 Å². The van der Waals surface area contributed by atoms with Crippen LogP contribution in [0.25, 0.3) is 11.3 Å². The van der Waals surface area contributed by atoms with Crippen LogP contribution in [0.2, 0.25) is 0 Å². The molecule has 0 aliphatic rings. The number of nitrogens with one attached hydrogen (secondary N) is 1. The fourth-order valence-corrected chi connectivity index (χ4v) is 3.61. The van der Waals surface area contributed by atoms with Gasteiger partial charge in [0.05, 0.1) is 10.9 Å². The summed E-state index contributed by atoms with van der Waals surface area (Å²) in [6.07, 6.45) is 1.51. The highest BCUT2D eigenvalue weighted by atomic mass is 32.2. The van der Waals surface area contributed by atoms with E-state index in [0.29, 0.717) is 5.13 Å². The van der Waals surface area contributed by atoms with Crippen LogP contribution in [0.3, 0.4) is 0 Å². The first-order valence-corrected chi connectivity index (χ1v) is 9.15. The number of nitrogens with zero attached hydrogens (tertiary/aromatic N) is 3. The van der Waals surface area contributed by atoms with Crippen molar-refractivity contribution in [3.8, 4) is 11.3 Å². The van der Waals surface area contributed by atoms with Crippen molar-refractivity contribution < 1.29 is 4.79 Å². The van der Waals surface area contributed by atoms with Crippen molar-refractivity contribution in [3.05, 3.63) is 53.8 Å². The van der Waals surface area contributed by atoms with E-state index in [1.807, 2.05) is 55.6 Å². The third-order valence-corrected chi connectivity index (χ3v) is 5.04. The number of carbonyl (C=O) groups excluding carboxylic acids is 1. The van der Waals surface area contributed by atoms with Crippen LogP contribution >= 0.6 is 23.1 Å². The third kappa shape index (κ3) is 4.18. The van der Waals surface area contributed by atoms with Gasteiger partial charge in [0.2, 0.25) is 5.91 Å². The summed E-state index contributed by atoms with van der Waals surface area (Å²) in [6.45, 7) is 3.75. The minimum atomic E-state index is -0.275. The average Bonchev–Trinajstić information content (AvgIpc) is 3.04. The van der Waals surface area contributed by atoms with Crippen molar-refractivity contribution in [1.82, 2.24) is 15.0 Å². The van der Waals surface area contributed by atoms with Crippen molar-refractivity contribution in [2.24, 2.45) is 0 Å². The number of aromatic nitrogens is 3. The molecule has 0 saturated heterocycles. The molecule has 2 heterocycles. The lowest BCUT2D eigenvalue weighted by Gasteiger charge is -2.09.